The molecule has 1 fully saturated rings. The standard InChI is InChI=1S/C13H15FN2O3/c14-10-3-1-2-9(13(18)19)12(10)16-11(17)6-8-4-5-15-7-8/h1-3,8,15H,4-7H2,(H,16,17)(H,18,19). The van der Waals surface area contributed by atoms with Crippen LogP contribution < -0.4 is 10.6 Å². The molecule has 19 heavy (non-hydrogen) atoms. The Morgan fingerprint density at radius 1 is 1.47 bits per heavy atom. The normalized spacial score (nSPS) is 18.3. The fourth-order valence-corrected chi connectivity index (χ4v) is 2.17. The topological polar surface area (TPSA) is 78.4 Å². The number of carbonyl (C=O) groups is 2. The largest absolute Gasteiger partial charge is 0.478 e. The lowest BCUT2D eigenvalue weighted by atomic mass is 10.0. The smallest absolute Gasteiger partial charge is 0.337 e. The average Bonchev–Trinajstić information content (AvgIpc) is 2.84. The van der Waals surface area contributed by atoms with Crippen LogP contribution in [0, 0.1) is 11.7 Å². The van der Waals surface area contributed by atoms with E-state index in [1.165, 1.54) is 12.1 Å². The number of nitrogens with one attached hydrogen (secondary N) is 2. The van der Waals surface area contributed by atoms with E-state index >= 15 is 0 Å². The Bertz CT molecular complexity index is 499. The Balaban J connectivity index is 2.09. The fraction of sp³-hybridized carbons (Fsp3) is 0.385. The van der Waals surface area contributed by atoms with Gasteiger partial charge in [-0.3, -0.25) is 4.79 Å². The van der Waals surface area contributed by atoms with Gasteiger partial charge >= 0.3 is 5.97 Å². The van der Waals surface area contributed by atoms with Gasteiger partial charge in [0.05, 0.1) is 11.3 Å². The highest BCUT2D eigenvalue weighted by molar-refractivity contribution is 6.00. The number of hydrogen-bond donors (Lipinski definition) is 3. The van der Waals surface area contributed by atoms with E-state index in [2.05, 4.69) is 10.6 Å². The lowest BCUT2D eigenvalue weighted by molar-refractivity contribution is -0.117. The van der Waals surface area contributed by atoms with Gasteiger partial charge in [-0.2, -0.15) is 0 Å². The number of benzene rings is 1. The van der Waals surface area contributed by atoms with Gasteiger partial charge in [-0.15, -0.1) is 0 Å². The molecule has 1 aliphatic rings. The van der Waals surface area contributed by atoms with Crippen LogP contribution in [0.3, 0.4) is 0 Å². The highest BCUT2D eigenvalue weighted by atomic mass is 19.1. The predicted molar refractivity (Wildman–Crippen MR) is 67.6 cm³/mol. The second-order valence-electron chi connectivity index (χ2n) is 4.58. The number of para-hydroxylation sites is 1. The zero-order valence-corrected chi connectivity index (χ0v) is 10.3. The second kappa shape index (κ2) is 5.79. The van der Waals surface area contributed by atoms with E-state index in [9.17, 15) is 14.0 Å². The monoisotopic (exact) mass is 266 g/mol. The van der Waals surface area contributed by atoms with Gasteiger partial charge in [-0.25, -0.2) is 9.18 Å². The van der Waals surface area contributed by atoms with Gasteiger partial charge in [-0.05, 0) is 37.6 Å². The van der Waals surface area contributed by atoms with Crippen molar-refractivity contribution in [3.63, 3.8) is 0 Å². The van der Waals surface area contributed by atoms with Gasteiger partial charge < -0.3 is 15.7 Å². The third kappa shape index (κ3) is 3.29. The van der Waals surface area contributed by atoms with Gasteiger partial charge in [0.1, 0.15) is 5.82 Å². The van der Waals surface area contributed by atoms with Gasteiger partial charge in [-0.1, -0.05) is 6.07 Å². The summed E-state index contributed by atoms with van der Waals surface area (Å²) in [5.41, 5.74) is -0.496. The minimum Gasteiger partial charge on any atom is -0.478 e. The van der Waals surface area contributed by atoms with Crippen molar-refractivity contribution in [2.24, 2.45) is 5.92 Å². The summed E-state index contributed by atoms with van der Waals surface area (Å²) in [6, 6.07) is 3.69. The Kier molecular flexibility index (Phi) is 4.11. The quantitative estimate of drug-likeness (QED) is 0.771. The molecule has 0 aromatic heterocycles. The molecule has 1 aliphatic heterocycles. The van der Waals surface area contributed by atoms with E-state index in [4.69, 9.17) is 5.11 Å². The molecule has 1 aromatic rings. The number of carboxylic acids is 1. The number of rotatable bonds is 4. The third-order valence-corrected chi connectivity index (χ3v) is 3.14. The minimum atomic E-state index is -1.27. The summed E-state index contributed by atoms with van der Waals surface area (Å²) in [4.78, 5) is 22.8. The maximum absolute atomic E-state index is 13.6. The molecule has 6 heteroatoms. The van der Waals surface area contributed by atoms with Gasteiger partial charge in [0.2, 0.25) is 5.91 Å². The van der Waals surface area contributed by atoms with E-state index < -0.39 is 11.8 Å². The first-order valence-corrected chi connectivity index (χ1v) is 6.10. The maximum atomic E-state index is 13.6. The average molecular weight is 266 g/mol. The maximum Gasteiger partial charge on any atom is 0.337 e. The van der Waals surface area contributed by atoms with Crippen molar-refractivity contribution in [2.45, 2.75) is 12.8 Å². The first-order chi connectivity index (χ1) is 9.08. The molecule has 2 rings (SSSR count). The van der Waals surface area contributed by atoms with Crippen LogP contribution in [0.4, 0.5) is 10.1 Å². The molecule has 5 nitrogen and oxygen atoms in total. The van der Waals surface area contributed by atoms with Crippen LogP contribution in [0.15, 0.2) is 18.2 Å². The third-order valence-electron chi connectivity index (χ3n) is 3.14. The summed E-state index contributed by atoms with van der Waals surface area (Å²) in [5.74, 6) is -2.14. The Labute approximate surface area is 109 Å². The first kappa shape index (κ1) is 13.5. The zero-order valence-electron chi connectivity index (χ0n) is 10.3. The number of halogens is 1. The number of aromatic carboxylic acids is 1. The Hall–Kier alpha value is -1.95. The van der Waals surface area contributed by atoms with E-state index in [0.717, 1.165) is 25.6 Å². The van der Waals surface area contributed by atoms with Crippen LogP contribution in [-0.2, 0) is 4.79 Å². The van der Waals surface area contributed by atoms with Crippen molar-refractivity contribution in [1.29, 1.82) is 0 Å². The molecule has 0 spiro atoms. The predicted octanol–water partition coefficient (Wildman–Crippen LogP) is 1.46. The molecule has 1 heterocycles. The molecule has 102 valence electrons. The van der Waals surface area contributed by atoms with Crippen molar-refractivity contribution in [3.8, 4) is 0 Å². The van der Waals surface area contributed by atoms with E-state index in [1.807, 2.05) is 0 Å². The van der Waals surface area contributed by atoms with E-state index in [0.29, 0.717) is 0 Å². The van der Waals surface area contributed by atoms with Crippen LogP contribution in [-0.4, -0.2) is 30.1 Å². The summed E-state index contributed by atoms with van der Waals surface area (Å²) < 4.78 is 13.6. The van der Waals surface area contributed by atoms with Crippen LogP contribution in [0.25, 0.3) is 0 Å². The molecule has 1 saturated heterocycles. The molecule has 0 saturated carbocycles. The van der Waals surface area contributed by atoms with Crippen molar-refractivity contribution < 1.29 is 19.1 Å². The molecule has 1 unspecified atom stereocenters. The van der Waals surface area contributed by atoms with E-state index in [-0.39, 0.29) is 29.5 Å². The fourth-order valence-electron chi connectivity index (χ4n) is 2.17. The van der Waals surface area contributed by atoms with Crippen LogP contribution in [0.2, 0.25) is 0 Å². The molecule has 3 N–H and O–H groups in total. The lowest BCUT2D eigenvalue weighted by Crippen LogP contribution is -2.20. The first-order valence-electron chi connectivity index (χ1n) is 6.10. The van der Waals surface area contributed by atoms with Gasteiger partial charge in [0.25, 0.3) is 0 Å². The van der Waals surface area contributed by atoms with Crippen molar-refractivity contribution in [2.75, 3.05) is 18.4 Å². The Morgan fingerprint density at radius 3 is 2.89 bits per heavy atom. The molecule has 1 amide bonds. The van der Waals surface area contributed by atoms with Crippen LogP contribution in [0.5, 0.6) is 0 Å². The number of anilines is 1. The van der Waals surface area contributed by atoms with Gasteiger partial charge in [0, 0.05) is 6.42 Å². The molecule has 1 aromatic carbocycles. The molecule has 0 bridgehead atoms. The molecule has 0 radical (unpaired) electrons. The summed E-state index contributed by atoms with van der Waals surface area (Å²) in [5, 5.41) is 14.5. The number of carboxylic acid groups (broad SMARTS) is 1. The summed E-state index contributed by atoms with van der Waals surface area (Å²) in [6.07, 6.45) is 1.16. The minimum absolute atomic E-state index is 0.222. The summed E-state index contributed by atoms with van der Waals surface area (Å²) in [6.45, 7) is 1.63. The SMILES string of the molecule is O=C(CC1CCNC1)Nc1c(F)cccc1C(=O)O. The van der Waals surface area contributed by atoms with E-state index in [1.54, 1.807) is 0 Å². The zero-order chi connectivity index (χ0) is 13.8. The van der Waals surface area contributed by atoms with Crippen molar-refractivity contribution >= 4 is 17.6 Å². The molecule has 0 aliphatic carbocycles. The van der Waals surface area contributed by atoms with Crippen molar-refractivity contribution in [1.82, 2.24) is 5.32 Å². The summed E-state index contributed by atoms with van der Waals surface area (Å²) in [7, 11) is 0. The molecular formula is C13H15FN2O3. The number of hydrogen-bond acceptors (Lipinski definition) is 3. The highest BCUT2D eigenvalue weighted by Crippen LogP contribution is 2.21. The molecule has 1 atom stereocenters. The number of carbonyl (C=O) groups excluding carboxylic acids is 1. The Morgan fingerprint density at radius 2 is 2.26 bits per heavy atom. The molecular weight excluding hydrogens is 251 g/mol. The van der Waals surface area contributed by atoms with Gasteiger partial charge in [0.15, 0.2) is 0 Å². The van der Waals surface area contributed by atoms with Crippen molar-refractivity contribution in [3.05, 3.63) is 29.6 Å². The lowest BCUT2D eigenvalue weighted by Gasteiger charge is -2.11. The highest BCUT2D eigenvalue weighted by Gasteiger charge is 2.21. The van der Waals surface area contributed by atoms with Crippen LogP contribution >= 0.6 is 0 Å². The number of amides is 1. The summed E-state index contributed by atoms with van der Waals surface area (Å²) >= 11 is 0. The van der Waals surface area contributed by atoms with Crippen LogP contribution in [0.1, 0.15) is 23.2 Å². The second-order valence-corrected chi connectivity index (χ2v) is 4.58.